The fourth-order valence-electron chi connectivity index (χ4n) is 1.73. The van der Waals surface area contributed by atoms with Gasteiger partial charge in [-0.1, -0.05) is 0 Å². The van der Waals surface area contributed by atoms with Gasteiger partial charge in [0.2, 0.25) is 0 Å². The minimum Gasteiger partial charge on any atom is -0.467 e. The molecule has 0 fully saturated rings. The Bertz CT molecular complexity index is 391. The predicted molar refractivity (Wildman–Crippen MR) is 96.4 cm³/mol. The average Bonchev–Trinajstić information content (AvgIpc) is 2.67. The van der Waals surface area contributed by atoms with Crippen molar-refractivity contribution in [2.24, 2.45) is 0 Å². The van der Waals surface area contributed by atoms with E-state index >= 15 is 0 Å². The molecule has 156 valence electrons. The van der Waals surface area contributed by atoms with Crippen LogP contribution in [0.3, 0.4) is 0 Å². The Morgan fingerprint density at radius 3 is 1.04 bits per heavy atom. The SMILES string of the molecule is COCCOCOc1cc(OCOCCOC)cc(OCOCCOC)c1. The molecule has 1 aromatic rings. The van der Waals surface area contributed by atoms with Gasteiger partial charge in [-0.25, -0.2) is 0 Å². The van der Waals surface area contributed by atoms with Crippen molar-refractivity contribution in [2.75, 3.05) is 81.3 Å². The van der Waals surface area contributed by atoms with Crippen molar-refractivity contribution < 1.29 is 42.6 Å². The van der Waals surface area contributed by atoms with Gasteiger partial charge >= 0.3 is 0 Å². The molecule has 1 rings (SSSR count). The van der Waals surface area contributed by atoms with Crippen LogP contribution in [0.1, 0.15) is 0 Å². The van der Waals surface area contributed by atoms with Gasteiger partial charge < -0.3 is 42.6 Å². The lowest BCUT2D eigenvalue weighted by atomic mass is 10.3. The minimum absolute atomic E-state index is 0.0843. The summed E-state index contributed by atoms with van der Waals surface area (Å²) in [5, 5.41) is 0. The molecule has 1 aromatic carbocycles. The molecule has 0 spiro atoms. The maximum Gasteiger partial charge on any atom is 0.189 e. The predicted octanol–water partition coefficient (Wildman–Crippen LogP) is 1.68. The van der Waals surface area contributed by atoms with Gasteiger partial charge in [0.1, 0.15) is 17.2 Å². The standard InChI is InChI=1S/C18H30O9/c1-19-4-7-22-13-25-16-10-17(26-14-23-8-5-20-2)12-18(11-16)27-15-24-9-6-21-3/h10-12H,4-9,13-15H2,1-3H3. The summed E-state index contributed by atoms with van der Waals surface area (Å²) < 4.78 is 47.3. The molecular weight excluding hydrogens is 360 g/mol. The lowest BCUT2D eigenvalue weighted by Gasteiger charge is -2.13. The first kappa shape index (κ1) is 23.4. The van der Waals surface area contributed by atoms with Crippen LogP contribution in [0, 0.1) is 0 Å². The van der Waals surface area contributed by atoms with Crippen LogP contribution < -0.4 is 14.2 Å². The van der Waals surface area contributed by atoms with Gasteiger partial charge in [0.05, 0.1) is 39.6 Å². The van der Waals surface area contributed by atoms with E-state index in [1.807, 2.05) is 0 Å². The molecule has 0 aliphatic rings. The van der Waals surface area contributed by atoms with Crippen molar-refractivity contribution >= 4 is 0 Å². The molecule has 0 aliphatic carbocycles. The Kier molecular flexibility index (Phi) is 14.4. The van der Waals surface area contributed by atoms with Gasteiger partial charge in [-0.3, -0.25) is 0 Å². The second kappa shape index (κ2) is 16.5. The number of benzene rings is 1. The third-order valence-corrected chi connectivity index (χ3v) is 3.08. The summed E-state index contributed by atoms with van der Waals surface area (Å²) in [6.45, 7) is 3.07. The summed E-state index contributed by atoms with van der Waals surface area (Å²) in [6.07, 6.45) is 0. The maximum absolute atomic E-state index is 5.56. The van der Waals surface area contributed by atoms with E-state index in [1.54, 1.807) is 39.5 Å². The highest BCUT2D eigenvalue weighted by atomic mass is 16.7. The Hall–Kier alpha value is -1.62. The smallest absolute Gasteiger partial charge is 0.189 e. The van der Waals surface area contributed by atoms with E-state index in [0.717, 1.165) is 0 Å². The van der Waals surface area contributed by atoms with E-state index in [9.17, 15) is 0 Å². The van der Waals surface area contributed by atoms with Gasteiger partial charge in [0.25, 0.3) is 0 Å². The van der Waals surface area contributed by atoms with Crippen molar-refractivity contribution in [1.82, 2.24) is 0 Å². The van der Waals surface area contributed by atoms with Crippen LogP contribution in [0.4, 0.5) is 0 Å². The largest absolute Gasteiger partial charge is 0.467 e. The maximum atomic E-state index is 5.56. The van der Waals surface area contributed by atoms with E-state index in [2.05, 4.69) is 0 Å². The van der Waals surface area contributed by atoms with Crippen molar-refractivity contribution in [3.05, 3.63) is 18.2 Å². The molecule has 0 aromatic heterocycles. The van der Waals surface area contributed by atoms with Gasteiger partial charge in [-0.15, -0.1) is 0 Å². The molecule has 9 nitrogen and oxygen atoms in total. The molecule has 0 aliphatic heterocycles. The van der Waals surface area contributed by atoms with Crippen molar-refractivity contribution in [1.29, 1.82) is 0 Å². The first-order valence-corrected chi connectivity index (χ1v) is 8.53. The summed E-state index contributed by atoms with van der Waals surface area (Å²) in [4.78, 5) is 0. The topological polar surface area (TPSA) is 83.1 Å². The fourth-order valence-corrected chi connectivity index (χ4v) is 1.73. The zero-order chi connectivity index (χ0) is 19.6. The lowest BCUT2D eigenvalue weighted by molar-refractivity contribution is -0.0148. The summed E-state index contributed by atoms with van der Waals surface area (Å²) in [5.74, 6) is 1.61. The Labute approximate surface area is 160 Å². The first-order chi connectivity index (χ1) is 13.3. The van der Waals surface area contributed by atoms with E-state index in [0.29, 0.717) is 56.9 Å². The molecule has 0 saturated carbocycles. The molecule has 0 unspecified atom stereocenters. The molecule has 9 heteroatoms. The number of methoxy groups -OCH3 is 3. The molecule has 0 saturated heterocycles. The van der Waals surface area contributed by atoms with E-state index in [4.69, 9.17) is 42.6 Å². The van der Waals surface area contributed by atoms with E-state index in [-0.39, 0.29) is 20.4 Å². The average molecular weight is 390 g/mol. The number of hydrogen-bond acceptors (Lipinski definition) is 9. The van der Waals surface area contributed by atoms with Crippen LogP contribution in [0.25, 0.3) is 0 Å². The number of hydrogen-bond donors (Lipinski definition) is 0. The zero-order valence-electron chi connectivity index (χ0n) is 16.3. The molecule has 0 atom stereocenters. The fraction of sp³-hybridized carbons (Fsp3) is 0.667. The molecule has 27 heavy (non-hydrogen) atoms. The Morgan fingerprint density at radius 2 is 0.778 bits per heavy atom. The summed E-state index contributed by atoms with van der Waals surface area (Å²) in [5.41, 5.74) is 0. The third kappa shape index (κ3) is 12.4. The highest BCUT2D eigenvalue weighted by molar-refractivity contribution is 5.42. The lowest BCUT2D eigenvalue weighted by Crippen LogP contribution is -2.10. The van der Waals surface area contributed by atoms with Crippen LogP contribution in [0.5, 0.6) is 17.2 Å². The van der Waals surface area contributed by atoms with Crippen molar-refractivity contribution in [3.63, 3.8) is 0 Å². The molecule has 0 radical (unpaired) electrons. The van der Waals surface area contributed by atoms with Gasteiger partial charge in [-0.05, 0) is 0 Å². The Morgan fingerprint density at radius 1 is 0.481 bits per heavy atom. The number of rotatable bonds is 18. The molecule has 0 bridgehead atoms. The first-order valence-electron chi connectivity index (χ1n) is 8.53. The summed E-state index contributed by atoms with van der Waals surface area (Å²) in [6, 6.07) is 5.16. The van der Waals surface area contributed by atoms with E-state index < -0.39 is 0 Å². The van der Waals surface area contributed by atoms with E-state index in [1.165, 1.54) is 0 Å². The van der Waals surface area contributed by atoms with Crippen LogP contribution >= 0.6 is 0 Å². The second-order valence-corrected chi connectivity index (χ2v) is 5.13. The van der Waals surface area contributed by atoms with Crippen molar-refractivity contribution in [2.45, 2.75) is 0 Å². The van der Waals surface area contributed by atoms with Crippen molar-refractivity contribution in [3.8, 4) is 17.2 Å². The zero-order valence-corrected chi connectivity index (χ0v) is 16.3. The molecular formula is C18H30O9. The Balaban J connectivity index is 2.52. The van der Waals surface area contributed by atoms with Crippen LogP contribution in [0.2, 0.25) is 0 Å². The summed E-state index contributed by atoms with van der Waals surface area (Å²) in [7, 11) is 4.83. The monoisotopic (exact) mass is 390 g/mol. The van der Waals surface area contributed by atoms with Crippen LogP contribution in [-0.4, -0.2) is 81.3 Å². The highest BCUT2D eigenvalue weighted by Gasteiger charge is 2.06. The quantitative estimate of drug-likeness (QED) is 0.275. The molecule has 0 heterocycles. The molecule has 0 amide bonds. The highest BCUT2D eigenvalue weighted by Crippen LogP contribution is 2.28. The normalized spacial score (nSPS) is 10.8. The number of ether oxygens (including phenoxy) is 9. The van der Waals surface area contributed by atoms with Gasteiger partial charge in [-0.2, -0.15) is 0 Å². The summed E-state index contributed by atoms with van der Waals surface area (Å²) >= 11 is 0. The van der Waals surface area contributed by atoms with Gasteiger partial charge in [0, 0.05) is 39.5 Å². The second-order valence-electron chi connectivity index (χ2n) is 5.13. The molecule has 0 N–H and O–H groups in total. The third-order valence-electron chi connectivity index (χ3n) is 3.08. The van der Waals surface area contributed by atoms with Gasteiger partial charge in [0.15, 0.2) is 20.4 Å². The van der Waals surface area contributed by atoms with Crippen LogP contribution in [0.15, 0.2) is 18.2 Å². The minimum atomic E-state index is 0.0843. The van der Waals surface area contributed by atoms with Crippen LogP contribution in [-0.2, 0) is 28.4 Å².